The molecule has 0 saturated carbocycles. The van der Waals surface area contributed by atoms with Gasteiger partial charge in [0.05, 0.1) is 0 Å². The van der Waals surface area contributed by atoms with Crippen LogP contribution in [0, 0.1) is 0 Å². The second-order valence-corrected chi connectivity index (χ2v) is 4.40. The van der Waals surface area contributed by atoms with Crippen molar-refractivity contribution in [3.63, 3.8) is 0 Å². The van der Waals surface area contributed by atoms with E-state index in [-0.39, 0.29) is 0 Å². The van der Waals surface area contributed by atoms with Gasteiger partial charge in [0.15, 0.2) is 0 Å². The van der Waals surface area contributed by atoms with E-state index in [1.165, 1.54) is 32.2 Å². The molecular formula is C9H16ClN. The lowest BCUT2D eigenvalue weighted by Gasteiger charge is -2.35. The maximum absolute atomic E-state index is 6.14. The van der Waals surface area contributed by atoms with E-state index in [1.807, 2.05) is 0 Å². The lowest BCUT2D eigenvalue weighted by molar-refractivity contribution is 0.151. The first-order chi connectivity index (χ1) is 5.31. The summed E-state index contributed by atoms with van der Waals surface area (Å²) < 4.78 is 0. The fraction of sp³-hybridized carbons (Fsp3) is 1.00. The number of piperidine rings is 1. The Balaban J connectivity index is 2.06. The van der Waals surface area contributed by atoms with Crippen molar-refractivity contribution in [3.05, 3.63) is 0 Å². The topological polar surface area (TPSA) is 3.24 Å². The van der Waals surface area contributed by atoms with Crippen LogP contribution in [-0.4, -0.2) is 28.9 Å². The molecule has 2 saturated heterocycles. The van der Waals surface area contributed by atoms with Crippen LogP contribution in [0.15, 0.2) is 0 Å². The lowest BCUT2D eigenvalue weighted by Crippen LogP contribution is -2.42. The Labute approximate surface area is 73.7 Å². The molecular weight excluding hydrogens is 158 g/mol. The van der Waals surface area contributed by atoms with Crippen LogP contribution in [0.1, 0.15) is 32.6 Å². The highest BCUT2D eigenvalue weighted by Crippen LogP contribution is 2.37. The summed E-state index contributed by atoms with van der Waals surface area (Å²) in [5.74, 6) is 0. The van der Waals surface area contributed by atoms with Crippen LogP contribution in [0.2, 0.25) is 0 Å². The number of hydrogen-bond acceptors (Lipinski definition) is 1. The van der Waals surface area contributed by atoms with Gasteiger partial charge in [-0.1, -0.05) is 6.92 Å². The van der Waals surface area contributed by atoms with Crippen LogP contribution in [0.4, 0.5) is 0 Å². The molecule has 0 aromatic rings. The van der Waals surface area contributed by atoms with Crippen LogP contribution in [0.5, 0.6) is 0 Å². The van der Waals surface area contributed by atoms with Gasteiger partial charge in [-0.25, -0.2) is 0 Å². The molecule has 2 aliphatic heterocycles. The van der Waals surface area contributed by atoms with Crippen molar-refractivity contribution in [3.8, 4) is 0 Å². The summed E-state index contributed by atoms with van der Waals surface area (Å²) in [6.45, 7) is 3.48. The van der Waals surface area contributed by atoms with Gasteiger partial charge in [0.1, 0.15) is 0 Å². The maximum atomic E-state index is 6.14. The zero-order valence-corrected chi connectivity index (χ0v) is 7.85. The Kier molecular flexibility index (Phi) is 2.11. The van der Waals surface area contributed by atoms with E-state index < -0.39 is 0 Å². The molecule has 2 heteroatoms. The number of alkyl halides is 1. The maximum Gasteiger partial charge on any atom is 0.0365 e. The predicted molar refractivity (Wildman–Crippen MR) is 48.1 cm³/mol. The van der Waals surface area contributed by atoms with Gasteiger partial charge in [0.25, 0.3) is 0 Å². The predicted octanol–water partition coefficient (Wildman–Crippen LogP) is 2.24. The van der Waals surface area contributed by atoms with Crippen molar-refractivity contribution in [2.75, 3.05) is 6.54 Å². The average molecular weight is 174 g/mol. The summed E-state index contributed by atoms with van der Waals surface area (Å²) >= 11 is 6.14. The minimum atomic E-state index is 0.468. The van der Waals surface area contributed by atoms with E-state index >= 15 is 0 Å². The van der Waals surface area contributed by atoms with Crippen molar-refractivity contribution in [1.82, 2.24) is 4.90 Å². The number of hydrogen-bond donors (Lipinski definition) is 0. The van der Waals surface area contributed by atoms with E-state index in [4.69, 9.17) is 11.6 Å². The molecule has 0 aliphatic carbocycles. The summed E-state index contributed by atoms with van der Waals surface area (Å²) in [7, 11) is 0. The van der Waals surface area contributed by atoms with Gasteiger partial charge in [0, 0.05) is 17.5 Å². The van der Waals surface area contributed by atoms with Gasteiger partial charge < -0.3 is 0 Å². The van der Waals surface area contributed by atoms with Crippen molar-refractivity contribution in [2.45, 2.75) is 50.1 Å². The van der Waals surface area contributed by atoms with E-state index in [1.54, 1.807) is 0 Å². The van der Waals surface area contributed by atoms with Crippen LogP contribution in [0.25, 0.3) is 0 Å². The third-order valence-corrected chi connectivity index (χ3v) is 3.55. The Morgan fingerprint density at radius 2 is 1.82 bits per heavy atom. The van der Waals surface area contributed by atoms with E-state index in [0.29, 0.717) is 5.38 Å². The average Bonchev–Trinajstić information content (AvgIpc) is 2.23. The molecule has 2 atom stereocenters. The van der Waals surface area contributed by atoms with Crippen molar-refractivity contribution in [1.29, 1.82) is 0 Å². The van der Waals surface area contributed by atoms with Gasteiger partial charge in [-0.2, -0.15) is 0 Å². The van der Waals surface area contributed by atoms with Crippen molar-refractivity contribution < 1.29 is 0 Å². The van der Waals surface area contributed by atoms with Crippen molar-refractivity contribution >= 4 is 11.6 Å². The molecule has 64 valence electrons. The first-order valence-electron chi connectivity index (χ1n) is 4.71. The third-order valence-electron chi connectivity index (χ3n) is 3.19. The molecule has 0 aromatic carbocycles. The molecule has 0 spiro atoms. The van der Waals surface area contributed by atoms with Gasteiger partial charge in [-0.05, 0) is 32.2 Å². The second-order valence-electron chi connectivity index (χ2n) is 3.78. The molecule has 0 amide bonds. The molecule has 11 heavy (non-hydrogen) atoms. The van der Waals surface area contributed by atoms with E-state index in [2.05, 4.69) is 11.8 Å². The van der Waals surface area contributed by atoms with Crippen LogP contribution in [0.3, 0.4) is 0 Å². The summed E-state index contributed by atoms with van der Waals surface area (Å²) in [6.07, 6.45) is 5.24. The Hall–Kier alpha value is 0.250. The summed E-state index contributed by atoms with van der Waals surface area (Å²) in [4.78, 5) is 2.64. The minimum Gasteiger partial charge on any atom is -0.298 e. The molecule has 2 rings (SSSR count). The largest absolute Gasteiger partial charge is 0.298 e. The number of halogens is 1. The molecule has 2 unspecified atom stereocenters. The normalized spacial score (nSPS) is 44.7. The Morgan fingerprint density at radius 1 is 1.27 bits per heavy atom. The van der Waals surface area contributed by atoms with Crippen LogP contribution >= 0.6 is 11.6 Å². The highest BCUT2D eigenvalue weighted by atomic mass is 35.5. The smallest absolute Gasteiger partial charge is 0.0365 e. The van der Waals surface area contributed by atoms with Crippen LogP contribution in [-0.2, 0) is 0 Å². The zero-order chi connectivity index (χ0) is 7.84. The van der Waals surface area contributed by atoms with E-state index in [0.717, 1.165) is 12.1 Å². The molecule has 0 aromatic heterocycles. The fourth-order valence-electron chi connectivity index (χ4n) is 2.72. The lowest BCUT2D eigenvalue weighted by atomic mass is 10.0. The first-order valence-corrected chi connectivity index (χ1v) is 5.14. The van der Waals surface area contributed by atoms with Gasteiger partial charge in [0.2, 0.25) is 0 Å². The van der Waals surface area contributed by atoms with Gasteiger partial charge in [-0.3, -0.25) is 4.90 Å². The SMILES string of the molecule is CCN1C2CCC1CC(Cl)C2. The highest BCUT2D eigenvalue weighted by molar-refractivity contribution is 6.20. The molecule has 2 aliphatic rings. The molecule has 2 fully saturated rings. The third kappa shape index (κ3) is 1.29. The molecule has 2 heterocycles. The van der Waals surface area contributed by atoms with E-state index in [9.17, 15) is 0 Å². The Bertz CT molecular complexity index is 134. The van der Waals surface area contributed by atoms with Crippen LogP contribution < -0.4 is 0 Å². The standard InChI is InChI=1S/C9H16ClN/c1-2-11-8-3-4-9(11)6-7(10)5-8/h7-9H,2-6H2,1H3. The Morgan fingerprint density at radius 3 is 2.27 bits per heavy atom. The zero-order valence-electron chi connectivity index (χ0n) is 7.09. The summed E-state index contributed by atoms with van der Waals surface area (Å²) in [6, 6.07) is 1.64. The van der Waals surface area contributed by atoms with Crippen molar-refractivity contribution in [2.24, 2.45) is 0 Å². The minimum absolute atomic E-state index is 0.468. The monoisotopic (exact) mass is 173 g/mol. The number of rotatable bonds is 1. The number of nitrogens with zero attached hydrogens (tertiary/aromatic N) is 1. The molecule has 0 N–H and O–H groups in total. The van der Waals surface area contributed by atoms with Gasteiger partial charge in [-0.15, -0.1) is 11.6 Å². The molecule has 0 radical (unpaired) electrons. The quantitative estimate of drug-likeness (QED) is 0.550. The molecule has 2 bridgehead atoms. The summed E-state index contributed by atoms with van der Waals surface area (Å²) in [5.41, 5.74) is 0. The first kappa shape index (κ1) is 7.88. The van der Waals surface area contributed by atoms with Gasteiger partial charge >= 0.3 is 0 Å². The number of fused-ring (bicyclic) bond motifs is 2. The summed E-state index contributed by atoms with van der Waals surface area (Å²) in [5, 5.41) is 0.468. The second kappa shape index (κ2) is 2.95. The highest BCUT2D eigenvalue weighted by Gasteiger charge is 2.38. The fourth-order valence-corrected chi connectivity index (χ4v) is 3.14. The molecule has 1 nitrogen and oxygen atoms in total.